The molecule has 0 bridgehead atoms. The van der Waals surface area contributed by atoms with E-state index in [-0.39, 0.29) is 30.5 Å². The predicted molar refractivity (Wildman–Crippen MR) is 173 cm³/mol. The lowest BCUT2D eigenvalue weighted by atomic mass is 9.82. The van der Waals surface area contributed by atoms with E-state index in [2.05, 4.69) is 20.2 Å². The molecule has 1 saturated heterocycles. The largest absolute Gasteiger partial charge is 0.454 e. The number of nitrogens with one attached hydrogen (secondary N) is 1. The number of aryl methyl sites for hydroxylation is 1. The van der Waals surface area contributed by atoms with Crippen molar-refractivity contribution in [2.75, 3.05) is 29.9 Å². The molecule has 13 nitrogen and oxygen atoms in total. The summed E-state index contributed by atoms with van der Waals surface area (Å²) in [6.07, 6.45) is 6.55. The van der Waals surface area contributed by atoms with Gasteiger partial charge in [0.15, 0.2) is 11.5 Å². The first-order valence-electron chi connectivity index (χ1n) is 15.4. The molecule has 1 aromatic carbocycles. The highest BCUT2D eigenvalue weighted by atomic mass is 16.6. The summed E-state index contributed by atoms with van der Waals surface area (Å²) in [7, 11) is 1.14. The number of fused-ring (bicyclic) bond motifs is 2. The molecule has 5 rings (SSSR count). The molecule has 0 saturated carbocycles. The molecule has 3 N–H and O–H groups in total. The Labute approximate surface area is 263 Å². The zero-order chi connectivity index (χ0) is 32.5. The maximum Gasteiger partial charge on any atom is 0.410 e. The van der Waals surface area contributed by atoms with Crippen molar-refractivity contribution in [3.63, 3.8) is 0 Å². The number of carbonyl (C=O) groups is 2. The van der Waals surface area contributed by atoms with Crippen LogP contribution in [0.3, 0.4) is 0 Å². The standard InChI is InChI=1S/C31H42BN8O5/c1-7-40(30(43)45-31(4,5)6)22-10-12-37(13-11-22)25-9-8-23(27-24(25)16-39(36-27)14-19(2)32-44)29(42)35-26-17-38-15-21(18-41)33-20(3)28(38)34-26/h8-9,15-17,19,22,41,44H,7,10-14,18H2,1-6H3,(H,35,42). The summed E-state index contributed by atoms with van der Waals surface area (Å²) in [5, 5.41) is 27.5. The minimum absolute atomic E-state index is 0.0722. The van der Waals surface area contributed by atoms with Gasteiger partial charge in [-0.2, -0.15) is 5.10 Å². The van der Waals surface area contributed by atoms with Gasteiger partial charge in [-0.1, -0.05) is 6.92 Å². The lowest BCUT2D eigenvalue weighted by Crippen LogP contribution is -2.48. The molecule has 1 unspecified atom stereocenters. The summed E-state index contributed by atoms with van der Waals surface area (Å²) >= 11 is 0. The van der Waals surface area contributed by atoms with Crippen LogP contribution < -0.4 is 10.2 Å². The Morgan fingerprint density at radius 3 is 2.56 bits per heavy atom. The number of hydrogen-bond donors (Lipinski definition) is 3. The minimum atomic E-state index is -0.554. The monoisotopic (exact) mass is 617 g/mol. The van der Waals surface area contributed by atoms with Gasteiger partial charge in [-0.15, -0.1) is 0 Å². The number of hydrogen-bond acceptors (Lipinski definition) is 9. The Morgan fingerprint density at radius 1 is 1.18 bits per heavy atom. The molecule has 14 heteroatoms. The van der Waals surface area contributed by atoms with Crippen molar-refractivity contribution < 1.29 is 24.5 Å². The molecule has 1 aliphatic rings. The Kier molecular flexibility index (Phi) is 9.35. The van der Waals surface area contributed by atoms with Gasteiger partial charge >= 0.3 is 6.09 Å². The molecule has 1 aliphatic heterocycles. The number of ether oxygens (including phenoxy) is 1. The van der Waals surface area contributed by atoms with Gasteiger partial charge in [0.05, 0.1) is 29.8 Å². The summed E-state index contributed by atoms with van der Waals surface area (Å²) < 4.78 is 9.14. The first-order chi connectivity index (χ1) is 21.4. The van der Waals surface area contributed by atoms with Crippen molar-refractivity contribution >= 4 is 47.5 Å². The molecular weight excluding hydrogens is 575 g/mol. The van der Waals surface area contributed by atoms with Crippen LogP contribution in [-0.2, 0) is 17.9 Å². The number of nitrogens with zero attached hydrogens (tertiary/aromatic N) is 7. The van der Waals surface area contributed by atoms with Crippen molar-refractivity contribution in [2.24, 2.45) is 0 Å². The number of piperidine rings is 1. The Bertz CT molecular complexity index is 1690. The highest BCUT2D eigenvalue weighted by Gasteiger charge is 2.31. The first kappa shape index (κ1) is 32.2. The highest BCUT2D eigenvalue weighted by molar-refractivity contribution is 6.27. The molecule has 45 heavy (non-hydrogen) atoms. The number of aliphatic hydroxyl groups is 1. The Balaban J connectivity index is 1.40. The molecular formula is C31H42BN8O5. The Hall–Kier alpha value is -4.17. The van der Waals surface area contributed by atoms with Crippen molar-refractivity contribution in [3.8, 4) is 0 Å². The van der Waals surface area contributed by atoms with Crippen molar-refractivity contribution in [1.29, 1.82) is 0 Å². The van der Waals surface area contributed by atoms with Crippen LogP contribution in [0.2, 0.25) is 5.82 Å². The molecule has 4 heterocycles. The number of carbonyl (C=O) groups excluding carboxylic acids is 2. The molecule has 2 amide bonds. The van der Waals surface area contributed by atoms with E-state index < -0.39 is 5.60 Å². The molecule has 239 valence electrons. The average molecular weight is 618 g/mol. The van der Waals surface area contributed by atoms with Gasteiger partial charge in [-0.05, 0) is 65.4 Å². The van der Waals surface area contributed by atoms with Crippen molar-refractivity contribution in [2.45, 2.75) is 85.0 Å². The van der Waals surface area contributed by atoms with Gasteiger partial charge in [0.1, 0.15) is 11.1 Å². The van der Waals surface area contributed by atoms with Crippen LogP contribution in [0, 0.1) is 6.92 Å². The third kappa shape index (κ3) is 7.07. The summed E-state index contributed by atoms with van der Waals surface area (Å²) in [5.41, 5.74) is 3.07. The SMILES string of the molecule is CCN(C(=O)OC(C)(C)C)C1CCN(c2ccc(C(=O)Nc3cn4cc(CO)nc(C)c4n3)c3nn(CC(C)[B]O)cc23)CC1. The fourth-order valence-electron chi connectivity index (χ4n) is 5.84. The molecule has 0 spiro atoms. The van der Waals surface area contributed by atoms with Crippen LogP contribution >= 0.6 is 0 Å². The number of aromatic nitrogens is 5. The lowest BCUT2D eigenvalue weighted by Gasteiger charge is -2.39. The summed E-state index contributed by atoms with van der Waals surface area (Å²) in [4.78, 5) is 39.4. The van der Waals surface area contributed by atoms with Crippen LogP contribution in [-0.4, -0.2) is 89.9 Å². The zero-order valence-electron chi connectivity index (χ0n) is 26.8. The first-order valence-corrected chi connectivity index (χ1v) is 15.4. The number of amides is 2. The second-order valence-electron chi connectivity index (χ2n) is 12.6. The number of anilines is 2. The summed E-state index contributed by atoms with van der Waals surface area (Å²) in [5.74, 6) is -0.139. The van der Waals surface area contributed by atoms with Crippen LogP contribution in [0.25, 0.3) is 16.6 Å². The van der Waals surface area contributed by atoms with Gasteiger partial charge in [0, 0.05) is 55.7 Å². The van der Waals surface area contributed by atoms with E-state index in [0.717, 1.165) is 44.5 Å². The second-order valence-corrected chi connectivity index (χ2v) is 12.6. The quantitative estimate of drug-likeness (QED) is 0.239. The Morgan fingerprint density at radius 2 is 1.91 bits per heavy atom. The fourth-order valence-corrected chi connectivity index (χ4v) is 5.84. The molecule has 3 aromatic heterocycles. The van der Waals surface area contributed by atoms with Crippen LogP contribution in [0.15, 0.2) is 30.7 Å². The third-order valence-electron chi connectivity index (χ3n) is 7.95. The van der Waals surface area contributed by atoms with Crippen LogP contribution in [0.5, 0.6) is 0 Å². The molecule has 1 fully saturated rings. The van der Waals surface area contributed by atoms with Gasteiger partial charge in [-0.3, -0.25) is 14.5 Å². The maximum atomic E-state index is 13.6. The van der Waals surface area contributed by atoms with Gasteiger partial charge in [0.2, 0.25) is 0 Å². The van der Waals surface area contributed by atoms with E-state index in [1.165, 1.54) is 0 Å². The average Bonchev–Trinajstić information content (AvgIpc) is 3.60. The normalized spacial score (nSPS) is 15.0. The van der Waals surface area contributed by atoms with E-state index >= 15 is 0 Å². The summed E-state index contributed by atoms with van der Waals surface area (Å²) in [6.45, 7) is 13.5. The van der Waals surface area contributed by atoms with Crippen LogP contribution in [0.1, 0.15) is 69.2 Å². The maximum absolute atomic E-state index is 13.6. The number of aliphatic hydroxyl groups excluding tert-OH is 1. The lowest BCUT2D eigenvalue weighted by molar-refractivity contribution is 0.0149. The molecule has 1 radical (unpaired) electrons. The van der Waals surface area contributed by atoms with Gasteiger partial charge < -0.3 is 34.4 Å². The fraction of sp³-hybridized carbons (Fsp3) is 0.516. The van der Waals surface area contributed by atoms with Crippen molar-refractivity contribution in [3.05, 3.63) is 47.7 Å². The van der Waals surface area contributed by atoms with E-state index in [1.54, 1.807) is 34.5 Å². The minimum Gasteiger partial charge on any atom is -0.454 e. The zero-order valence-corrected chi connectivity index (χ0v) is 26.8. The van der Waals surface area contributed by atoms with Gasteiger partial charge in [-0.25, -0.2) is 9.78 Å². The summed E-state index contributed by atoms with van der Waals surface area (Å²) in [6, 6.07) is 3.80. The smallest absolute Gasteiger partial charge is 0.410 e. The predicted octanol–water partition coefficient (Wildman–Crippen LogP) is 3.78. The van der Waals surface area contributed by atoms with E-state index in [4.69, 9.17) is 9.84 Å². The highest BCUT2D eigenvalue weighted by Crippen LogP contribution is 2.33. The number of imidazole rings is 1. The second kappa shape index (κ2) is 13.1. The number of benzene rings is 1. The topological polar surface area (TPSA) is 150 Å². The molecule has 4 aromatic rings. The van der Waals surface area contributed by atoms with Crippen molar-refractivity contribution in [1.82, 2.24) is 29.0 Å². The van der Waals surface area contributed by atoms with E-state index in [1.807, 2.05) is 51.8 Å². The number of rotatable bonds is 9. The molecule has 1 atom stereocenters. The van der Waals surface area contributed by atoms with E-state index in [9.17, 15) is 19.7 Å². The van der Waals surface area contributed by atoms with Gasteiger partial charge in [0.25, 0.3) is 13.4 Å². The van der Waals surface area contributed by atoms with Crippen LogP contribution in [0.4, 0.5) is 16.3 Å². The van der Waals surface area contributed by atoms with E-state index in [0.29, 0.717) is 47.0 Å². The molecule has 0 aliphatic carbocycles. The third-order valence-corrected chi connectivity index (χ3v) is 7.95.